The Hall–Kier alpha value is -1.83. The van der Waals surface area contributed by atoms with E-state index in [2.05, 4.69) is 23.8 Å². The van der Waals surface area contributed by atoms with E-state index in [1.807, 2.05) is 6.92 Å². The number of rotatable bonds is 2. The average molecular weight is 304 g/mol. The van der Waals surface area contributed by atoms with Crippen molar-refractivity contribution in [1.82, 2.24) is 0 Å². The van der Waals surface area contributed by atoms with Crippen molar-refractivity contribution in [2.45, 2.75) is 71.4 Å². The predicted molar refractivity (Wildman–Crippen MR) is 84.1 cm³/mol. The van der Waals surface area contributed by atoms with Crippen molar-refractivity contribution < 1.29 is 14.4 Å². The minimum atomic E-state index is 0.0978. The summed E-state index contributed by atoms with van der Waals surface area (Å²) < 4.78 is 0. The van der Waals surface area contributed by atoms with Crippen LogP contribution in [0.25, 0.3) is 0 Å². The predicted octanol–water partition coefficient (Wildman–Crippen LogP) is 3.29. The molecule has 0 aromatic carbocycles. The van der Waals surface area contributed by atoms with Gasteiger partial charge in [0, 0.05) is 6.42 Å². The van der Waals surface area contributed by atoms with Crippen LogP contribution in [0.5, 0.6) is 0 Å². The van der Waals surface area contributed by atoms with Gasteiger partial charge < -0.3 is 0 Å². The minimum Gasteiger partial charge on any atom is -0.295 e. The van der Waals surface area contributed by atoms with Crippen LogP contribution in [0.1, 0.15) is 59.3 Å². The van der Waals surface area contributed by atoms with E-state index < -0.39 is 0 Å². The molecule has 120 valence electrons. The smallest absolute Gasteiger partial charge is 0.235 e. The molecular weight excluding hydrogens is 280 g/mol. The quantitative estimate of drug-likeness (QED) is 0.580. The van der Waals surface area contributed by atoms with Crippen LogP contribution in [0.15, 0.2) is 21.6 Å². The van der Waals surface area contributed by atoms with E-state index in [0.29, 0.717) is 6.42 Å². The van der Waals surface area contributed by atoms with E-state index >= 15 is 0 Å². The zero-order valence-corrected chi connectivity index (χ0v) is 13.6. The van der Waals surface area contributed by atoms with Gasteiger partial charge in [-0.3, -0.25) is 4.79 Å². The number of ketones is 1. The molecule has 0 unspecified atom stereocenters. The molecule has 0 atom stereocenters. The lowest BCUT2D eigenvalue weighted by Crippen LogP contribution is -2.20. The molecule has 0 aromatic rings. The summed E-state index contributed by atoms with van der Waals surface area (Å²) in [5.41, 5.74) is 1.43. The molecule has 0 aliphatic heterocycles. The van der Waals surface area contributed by atoms with E-state index in [1.165, 1.54) is 5.57 Å². The first-order valence-electron chi connectivity index (χ1n) is 7.70. The van der Waals surface area contributed by atoms with Crippen molar-refractivity contribution in [3.05, 3.63) is 11.6 Å². The number of aliphatic imine (C=N–C) groups is 2. The average Bonchev–Trinajstić information content (AvgIpc) is 2.39. The highest BCUT2D eigenvalue weighted by Gasteiger charge is 2.25. The zero-order valence-electron chi connectivity index (χ0n) is 13.6. The number of hydrogen-bond acceptors (Lipinski definition) is 5. The summed E-state index contributed by atoms with van der Waals surface area (Å²) in [6.07, 6.45) is 9.95. The van der Waals surface area contributed by atoms with E-state index in [-0.39, 0.29) is 23.3 Å². The number of hydrogen-bond donors (Lipinski definition) is 0. The van der Waals surface area contributed by atoms with Crippen LogP contribution in [-0.2, 0) is 14.4 Å². The Labute approximate surface area is 131 Å². The summed E-state index contributed by atoms with van der Waals surface area (Å²) in [6.45, 7) is 6.31. The molecular formula is C17H24N2O3. The Morgan fingerprint density at radius 1 is 1.00 bits per heavy atom. The van der Waals surface area contributed by atoms with E-state index in [0.717, 1.165) is 32.1 Å². The van der Waals surface area contributed by atoms with E-state index in [4.69, 9.17) is 0 Å². The van der Waals surface area contributed by atoms with Gasteiger partial charge in [0.1, 0.15) is 0 Å². The molecule has 0 amide bonds. The second-order valence-corrected chi connectivity index (χ2v) is 6.88. The molecule has 2 aliphatic rings. The van der Waals surface area contributed by atoms with Crippen molar-refractivity contribution in [3.63, 3.8) is 0 Å². The largest absolute Gasteiger partial charge is 0.295 e. The summed E-state index contributed by atoms with van der Waals surface area (Å²) in [4.78, 5) is 38.1. The Kier molecular flexibility index (Phi) is 7.10. The lowest BCUT2D eigenvalue weighted by molar-refractivity contribution is -0.117. The van der Waals surface area contributed by atoms with Gasteiger partial charge in [-0.15, -0.1) is 0 Å². The van der Waals surface area contributed by atoms with Crippen molar-refractivity contribution >= 4 is 17.9 Å². The van der Waals surface area contributed by atoms with Gasteiger partial charge in [0.05, 0.1) is 12.1 Å². The molecule has 1 fully saturated rings. The van der Waals surface area contributed by atoms with Gasteiger partial charge in [0.25, 0.3) is 0 Å². The van der Waals surface area contributed by atoms with Crippen LogP contribution in [0.4, 0.5) is 0 Å². The third-order valence-electron chi connectivity index (χ3n) is 3.95. The molecule has 0 aromatic heterocycles. The lowest BCUT2D eigenvalue weighted by Gasteiger charge is -2.27. The summed E-state index contributed by atoms with van der Waals surface area (Å²) in [5, 5.41) is 0. The molecule has 0 heterocycles. The molecule has 22 heavy (non-hydrogen) atoms. The van der Waals surface area contributed by atoms with Crippen molar-refractivity contribution in [1.29, 1.82) is 0 Å². The Balaban J connectivity index is 0.000000224. The standard InChI is InChI=1S/C9H14O.C8H10N2O2/c1-7-4-8(10)6-9(2,3)5-7;11-5-9-7-1-2-8(4-3-7)10-6-12/h4H,5-6H2,1-3H3;7-8H,1-4H2. The molecule has 0 bridgehead atoms. The lowest BCUT2D eigenvalue weighted by atomic mass is 9.77. The van der Waals surface area contributed by atoms with Crippen LogP contribution in [0.3, 0.4) is 0 Å². The normalized spacial score (nSPS) is 26.5. The molecule has 2 rings (SSSR count). The molecule has 0 N–H and O–H groups in total. The van der Waals surface area contributed by atoms with Crippen LogP contribution in [0, 0.1) is 5.41 Å². The molecule has 0 spiro atoms. The number of allylic oxidation sites excluding steroid dienone is 2. The van der Waals surface area contributed by atoms with E-state index in [9.17, 15) is 14.4 Å². The second-order valence-electron chi connectivity index (χ2n) is 6.88. The zero-order chi connectivity index (χ0) is 16.6. The summed E-state index contributed by atoms with van der Waals surface area (Å²) >= 11 is 0. The van der Waals surface area contributed by atoms with Gasteiger partial charge in [0.15, 0.2) is 5.78 Å². The number of carbonyl (C=O) groups is 1. The first kappa shape index (κ1) is 18.2. The minimum absolute atomic E-state index is 0.0978. The Morgan fingerprint density at radius 3 is 1.77 bits per heavy atom. The maximum absolute atomic E-state index is 11.0. The maximum atomic E-state index is 11.0. The first-order valence-corrected chi connectivity index (χ1v) is 7.70. The van der Waals surface area contributed by atoms with Gasteiger partial charge in [-0.1, -0.05) is 19.4 Å². The topological polar surface area (TPSA) is 75.9 Å². The molecule has 1 saturated carbocycles. The fourth-order valence-electron chi connectivity index (χ4n) is 3.13. The van der Waals surface area contributed by atoms with Crippen LogP contribution in [-0.4, -0.2) is 30.0 Å². The number of nitrogens with zero attached hydrogens (tertiary/aromatic N) is 2. The van der Waals surface area contributed by atoms with Gasteiger partial charge in [0.2, 0.25) is 12.2 Å². The maximum Gasteiger partial charge on any atom is 0.235 e. The van der Waals surface area contributed by atoms with Crippen LogP contribution >= 0.6 is 0 Å². The second kappa shape index (κ2) is 8.57. The molecule has 0 radical (unpaired) electrons. The van der Waals surface area contributed by atoms with Crippen molar-refractivity contribution in [3.8, 4) is 0 Å². The number of isocyanates is 2. The molecule has 2 aliphatic carbocycles. The molecule has 5 nitrogen and oxygen atoms in total. The first-order chi connectivity index (χ1) is 10.4. The number of carbonyl (C=O) groups excluding carboxylic acids is 3. The van der Waals surface area contributed by atoms with Gasteiger partial charge in [-0.25, -0.2) is 19.6 Å². The summed E-state index contributed by atoms with van der Waals surface area (Å²) in [5.74, 6) is 0.286. The van der Waals surface area contributed by atoms with Crippen LogP contribution < -0.4 is 0 Å². The summed E-state index contributed by atoms with van der Waals surface area (Å²) in [6, 6.07) is 0.196. The Bertz CT molecular complexity index is 490. The highest BCUT2D eigenvalue weighted by Crippen LogP contribution is 2.32. The van der Waals surface area contributed by atoms with Gasteiger partial charge >= 0.3 is 0 Å². The van der Waals surface area contributed by atoms with Crippen molar-refractivity contribution in [2.24, 2.45) is 15.4 Å². The highest BCUT2D eigenvalue weighted by molar-refractivity contribution is 5.91. The van der Waals surface area contributed by atoms with Gasteiger partial charge in [-0.05, 0) is 50.5 Å². The van der Waals surface area contributed by atoms with E-state index in [1.54, 1.807) is 18.2 Å². The molecule has 5 heteroatoms. The van der Waals surface area contributed by atoms with Gasteiger partial charge in [-0.2, -0.15) is 0 Å². The monoisotopic (exact) mass is 304 g/mol. The summed E-state index contributed by atoms with van der Waals surface area (Å²) in [7, 11) is 0. The fourth-order valence-corrected chi connectivity index (χ4v) is 3.13. The third-order valence-corrected chi connectivity index (χ3v) is 3.95. The Morgan fingerprint density at radius 2 is 1.45 bits per heavy atom. The van der Waals surface area contributed by atoms with Crippen molar-refractivity contribution in [2.75, 3.05) is 0 Å². The van der Waals surface area contributed by atoms with Crippen LogP contribution in [0.2, 0.25) is 0 Å². The highest BCUT2D eigenvalue weighted by atomic mass is 16.1. The fraction of sp³-hybridized carbons (Fsp3) is 0.706. The SMILES string of the molecule is CC1=CC(=O)CC(C)(C)C1.O=C=NC1CCC(N=C=O)CC1. The third kappa shape index (κ3) is 6.75. The molecule has 0 saturated heterocycles.